The van der Waals surface area contributed by atoms with E-state index in [2.05, 4.69) is 9.97 Å². The molecule has 3 rings (SSSR count). The summed E-state index contributed by atoms with van der Waals surface area (Å²) < 4.78 is 28.8. The van der Waals surface area contributed by atoms with Crippen LogP contribution in [0.1, 0.15) is 12.6 Å². The maximum absolute atomic E-state index is 10.7. The first-order valence-electron chi connectivity index (χ1n) is 7.44. The van der Waals surface area contributed by atoms with E-state index in [4.69, 9.17) is 4.74 Å². The molecule has 1 aromatic carbocycles. The minimum absolute atomic E-state index is 0.0873. The molecule has 0 saturated carbocycles. The summed E-state index contributed by atoms with van der Waals surface area (Å²) in [5.41, 5.74) is 3.24. The van der Waals surface area contributed by atoms with Gasteiger partial charge in [-0.25, -0.2) is 4.98 Å². The van der Waals surface area contributed by atoms with Gasteiger partial charge >= 0.3 is 0 Å². The van der Waals surface area contributed by atoms with Crippen LogP contribution in [0.2, 0.25) is 0 Å². The maximum Gasteiger partial charge on any atom is 0.119 e. The Morgan fingerprint density at radius 2 is 1.96 bits per heavy atom. The fraction of sp³-hybridized carbons (Fsp3) is 0.176. The van der Waals surface area contributed by atoms with E-state index in [0.717, 1.165) is 22.7 Å². The van der Waals surface area contributed by atoms with Crippen molar-refractivity contribution in [2.24, 2.45) is 0 Å². The van der Waals surface area contributed by atoms with Gasteiger partial charge in [0.05, 0.1) is 48.2 Å². The van der Waals surface area contributed by atoms with E-state index in [1.54, 1.807) is 24.8 Å². The van der Waals surface area contributed by atoms with Gasteiger partial charge in [0.2, 0.25) is 0 Å². The highest BCUT2D eigenvalue weighted by atomic mass is 32.2. The molecule has 0 aliphatic heterocycles. The zero-order valence-corrected chi connectivity index (χ0v) is 13.9. The molecule has 0 radical (unpaired) electrons. The Kier molecular flexibility index (Phi) is 5.02. The van der Waals surface area contributed by atoms with Crippen molar-refractivity contribution in [3.63, 3.8) is 0 Å². The van der Waals surface area contributed by atoms with Gasteiger partial charge in [0, 0.05) is 5.56 Å². The Morgan fingerprint density at radius 1 is 1.17 bits per heavy atom. The molecule has 1 unspecified atom stereocenters. The van der Waals surface area contributed by atoms with Gasteiger partial charge in [0.15, 0.2) is 0 Å². The minimum atomic E-state index is -2.14. The van der Waals surface area contributed by atoms with E-state index in [1.807, 2.05) is 41.8 Å². The van der Waals surface area contributed by atoms with Gasteiger partial charge in [-0.3, -0.25) is 13.8 Å². The van der Waals surface area contributed by atoms with Crippen molar-refractivity contribution in [1.29, 1.82) is 0 Å². The van der Waals surface area contributed by atoms with Gasteiger partial charge < -0.3 is 9.29 Å². The van der Waals surface area contributed by atoms with E-state index in [-0.39, 0.29) is 5.75 Å². The second-order valence-corrected chi connectivity index (χ2v) is 5.96. The predicted octanol–water partition coefficient (Wildman–Crippen LogP) is 2.71. The highest BCUT2D eigenvalue weighted by Gasteiger charge is 2.08. The van der Waals surface area contributed by atoms with Crippen LogP contribution < -0.4 is 4.74 Å². The third-order valence-electron chi connectivity index (χ3n) is 3.45. The first kappa shape index (κ1) is 16.4. The molecular formula is C17H16N3O3S-. The molecule has 0 N–H and O–H groups in total. The molecule has 0 spiro atoms. The Hall–Kier alpha value is -2.51. The molecule has 1 atom stereocenters. The molecule has 0 aliphatic carbocycles. The maximum atomic E-state index is 10.7. The average molecular weight is 342 g/mol. The van der Waals surface area contributed by atoms with Gasteiger partial charge in [-0.1, -0.05) is 0 Å². The van der Waals surface area contributed by atoms with E-state index in [1.165, 1.54) is 0 Å². The van der Waals surface area contributed by atoms with Crippen molar-refractivity contribution in [3.05, 3.63) is 60.8 Å². The molecule has 0 fully saturated rings. The lowest BCUT2D eigenvalue weighted by Gasteiger charge is -2.10. The molecule has 0 saturated heterocycles. The molecular weight excluding hydrogens is 326 g/mol. The van der Waals surface area contributed by atoms with Gasteiger partial charge in [-0.05, 0) is 54.4 Å². The lowest BCUT2D eigenvalue weighted by molar-refractivity contribution is 0.340. The SMILES string of the molecule is CCOc1ccc(-c2cncn2-c2ccc(CS(=O)[O-])nc2)cc1. The summed E-state index contributed by atoms with van der Waals surface area (Å²) in [5, 5.41) is 0. The summed E-state index contributed by atoms with van der Waals surface area (Å²) in [6.45, 7) is 2.57. The third kappa shape index (κ3) is 3.69. The summed E-state index contributed by atoms with van der Waals surface area (Å²) in [4.78, 5) is 8.40. The Balaban J connectivity index is 1.88. The van der Waals surface area contributed by atoms with Crippen molar-refractivity contribution in [2.45, 2.75) is 12.7 Å². The number of imidazole rings is 1. The molecule has 7 heteroatoms. The van der Waals surface area contributed by atoms with Gasteiger partial charge in [-0.15, -0.1) is 0 Å². The molecule has 0 bridgehead atoms. The Morgan fingerprint density at radius 3 is 2.58 bits per heavy atom. The van der Waals surface area contributed by atoms with Crippen molar-refractivity contribution < 1.29 is 13.5 Å². The predicted molar refractivity (Wildman–Crippen MR) is 90.6 cm³/mol. The fourth-order valence-electron chi connectivity index (χ4n) is 2.37. The number of nitrogens with zero attached hydrogens (tertiary/aromatic N) is 3. The molecule has 0 amide bonds. The number of ether oxygens (including phenoxy) is 1. The largest absolute Gasteiger partial charge is 0.772 e. The summed E-state index contributed by atoms with van der Waals surface area (Å²) in [7, 11) is 0. The van der Waals surface area contributed by atoms with Crippen molar-refractivity contribution in [3.8, 4) is 22.7 Å². The highest BCUT2D eigenvalue weighted by Crippen LogP contribution is 2.24. The lowest BCUT2D eigenvalue weighted by Crippen LogP contribution is -2.00. The summed E-state index contributed by atoms with van der Waals surface area (Å²) in [5.74, 6) is 0.736. The van der Waals surface area contributed by atoms with Crippen LogP contribution in [0.15, 0.2) is 55.1 Å². The monoisotopic (exact) mass is 342 g/mol. The number of hydrogen-bond acceptors (Lipinski definition) is 5. The summed E-state index contributed by atoms with van der Waals surface area (Å²) in [6, 6.07) is 11.3. The van der Waals surface area contributed by atoms with Crippen molar-refractivity contribution in [2.75, 3.05) is 6.61 Å². The van der Waals surface area contributed by atoms with E-state index < -0.39 is 11.1 Å². The Bertz CT molecular complexity index is 829. The van der Waals surface area contributed by atoms with E-state index in [9.17, 15) is 8.76 Å². The van der Waals surface area contributed by atoms with Crippen LogP contribution in [0.4, 0.5) is 0 Å². The minimum Gasteiger partial charge on any atom is -0.772 e. The van der Waals surface area contributed by atoms with E-state index in [0.29, 0.717) is 12.3 Å². The number of rotatable bonds is 6. The number of aromatic nitrogens is 3. The van der Waals surface area contributed by atoms with Crippen molar-refractivity contribution >= 4 is 11.1 Å². The third-order valence-corrected chi connectivity index (χ3v) is 3.98. The molecule has 2 aromatic heterocycles. The van der Waals surface area contributed by atoms with Crippen LogP contribution in [-0.2, 0) is 16.8 Å². The second kappa shape index (κ2) is 7.37. The summed E-state index contributed by atoms with van der Waals surface area (Å²) >= 11 is -2.14. The van der Waals surface area contributed by atoms with Crippen LogP contribution in [0, 0.1) is 0 Å². The second-order valence-electron chi connectivity index (χ2n) is 5.06. The van der Waals surface area contributed by atoms with E-state index >= 15 is 0 Å². The topological polar surface area (TPSA) is 80.1 Å². The number of pyridine rings is 1. The number of benzene rings is 1. The van der Waals surface area contributed by atoms with Crippen LogP contribution >= 0.6 is 0 Å². The Labute approximate surface area is 142 Å². The van der Waals surface area contributed by atoms with Crippen LogP contribution in [0.3, 0.4) is 0 Å². The summed E-state index contributed by atoms with van der Waals surface area (Å²) in [6.07, 6.45) is 5.12. The smallest absolute Gasteiger partial charge is 0.119 e. The molecule has 2 heterocycles. The average Bonchev–Trinajstić information content (AvgIpc) is 3.06. The molecule has 0 aliphatic rings. The van der Waals surface area contributed by atoms with Crippen LogP contribution in [-0.4, -0.2) is 29.9 Å². The normalized spacial score (nSPS) is 12.1. The lowest BCUT2D eigenvalue weighted by atomic mass is 10.1. The first-order valence-corrected chi connectivity index (χ1v) is 8.68. The van der Waals surface area contributed by atoms with Crippen LogP contribution in [0.5, 0.6) is 5.75 Å². The molecule has 6 nitrogen and oxygen atoms in total. The number of hydrogen-bond donors (Lipinski definition) is 0. The van der Waals surface area contributed by atoms with Gasteiger partial charge in [-0.2, -0.15) is 0 Å². The standard InChI is InChI=1S/C17H17N3O3S/c1-2-23-16-7-3-13(4-8-16)17-10-18-12-20(17)15-6-5-14(19-9-15)11-24(21)22/h3-10,12H,2,11H2,1H3,(H,21,22)/p-1. The zero-order valence-electron chi connectivity index (χ0n) is 13.1. The fourth-order valence-corrected chi connectivity index (χ4v) is 2.78. The molecule has 3 aromatic rings. The highest BCUT2D eigenvalue weighted by molar-refractivity contribution is 7.78. The van der Waals surface area contributed by atoms with Gasteiger partial charge in [0.1, 0.15) is 5.75 Å². The van der Waals surface area contributed by atoms with Crippen molar-refractivity contribution in [1.82, 2.24) is 14.5 Å². The van der Waals surface area contributed by atoms with Crippen LogP contribution in [0.25, 0.3) is 16.9 Å². The quantitative estimate of drug-likeness (QED) is 0.644. The van der Waals surface area contributed by atoms with Gasteiger partial charge in [0.25, 0.3) is 0 Å². The molecule has 124 valence electrons. The first-order chi connectivity index (χ1) is 11.7. The zero-order chi connectivity index (χ0) is 16.9. The molecule has 24 heavy (non-hydrogen) atoms.